The normalized spacial score (nSPS) is 12.0. The van der Waals surface area contributed by atoms with Crippen LogP contribution in [-0.4, -0.2) is 21.8 Å². The van der Waals surface area contributed by atoms with Crippen LogP contribution in [0.5, 0.6) is 11.5 Å². The predicted octanol–water partition coefficient (Wildman–Crippen LogP) is 7.46. The van der Waals surface area contributed by atoms with Crippen LogP contribution < -0.4 is 0 Å². The standard InChI is InChI=1S/2C15H20O2/c1-10(2)7-14(16)8-12(4)13-6-5-11(3)15(17)9-13;1-10(2)7-13(16)9-12(4)14-6-5-11(3)8-15(14)17/h5-7,9,12,17H,8H2,1-4H3;5-8,12,17H,9H2,1-4H3. The highest BCUT2D eigenvalue weighted by atomic mass is 16.3. The fourth-order valence-corrected chi connectivity index (χ4v) is 3.60. The van der Waals surface area contributed by atoms with E-state index >= 15 is 0 Å². The van der Waals surface area contributed by atoms with Crippen LogP contribution in [0.4, 0.5) is 0 Å². The molecule has 0 radical (unpaired) electrons. The Morgan fingerprint density at radius 3 is 1.76 bits per heavy atom. The molecule has 0 aliphatic carbocycles. The molecule has 4 heteroatoms. The number of benzene rings is 2. The Morgan fingerprint density at radius 1 is 0.765 bits per heavy atom. The Morgan fingerprint density at radius 2 is 1.29 bits per heavy atom. The highest BCUT2D eigenvalue weighted by molar-refractivity contribution is 5.91. The third kappa shape index (κ3) is 10.2. The molecule has 0 saturated heterocycles. The lowest BCUT2D eigenvalue weighted by Gasteiger charge is -2.12. The maximum Gasteiger partial charge on any atom is 0.156 e. The van der Waals surface area contributed by atoms with Gasteiger partial charge in [0, 0.05) is 12.8 Å². The molecule has 2 aromatic rings. The van der Waals surface area contributed by atoms with E-state index < -0.39 is 0 Å². The summed E-state index contributed by atoms with van der Waals surface area (Å²) >= 11 is 0. The van der Waals surface area contributed by atoms with E-state index in [2.05, 4.69) is 0 Å². The number of aromatic hydroxyl groups is 2. The molecule has 0 heterocycles. The van der Waals surface area contributed by atoms with Crippen molar-refractivity contribution in [1.82, 2.24) is 0 Å². The highest BCUT2D eigenvalue weighted by Crippen LogP contribution is 2.29. The minimum Gasteiger partial charge on any atom is -0.508 e. The molecule has 4 nitrogen and oxygen atoms in total. The van der Waals surface area contributed by atoms with E-state index in [1.807, 2.05) is 79.7 Å². The maximum absolute atomic E-state index is 11.7. The van der Waals surface area contributed by atoms with Gasteiger partial charge in [0.05, 0.1) is 0 Å². The molecule has 184 valence electrons. The number of allylic oxidation sites excluding steroid dienone is 4. The average molecular weight is 465 g/mol. The van der Waals surface area contributed by atoms with Crippen molar-refractivity contribution in [1.29, 1.82) is 0 Å². The summed E-state index contributed by atoms with van der Waals surface area (Å²) in [4.78, 5) is 23.3. The van der Waals surface area contributed by atoms with Crippen molar-refractivity contribution in [2.45, 2.75) is 80.1 Å². The summed E-state index contributed by atoms with van der Waals surface area (Å²) in [6.07, 6.45) is 4.24. The van der Waals surface area contributed by atoms with Crippen molar-refractivity contribution in [3.8, 4) is 11.5 Å². The molecule has 0 amide bonds. The molecule has 0 spiro atoms. The SMILES string of the molecule is CC(C)=CC(=O)CC(C)c1ccc(C)c(O)c1.CC(C)=CC(=O)CC(C)c1ccc(C)cc1O. The van der Waals surface area contributed by atoms with Crippen LogP contribution in [0.15, 0.2) is 59.7 Å². The monoisotopic (exact) mass is 464 g/mol. The second kappa shape index (κ2) is 13.5. The van der Waals surface area contributed by atoms with Gasteiger partial charge in [0.15, 0.2) is 11.6 Å². The minimum absolute atomic E-state index is 0.0405. The van der Waals surface area contributed by atoms with Gasteiger partial charge in [-0.25, -0.2) is 0 Å². The first-order valence-electron chi connectivity index (χ1n) is 11.7. The van der Waals surface area contributed by atoms with Gasteiger partial charge >= 0.3 is 0 Å². The van der Waals surface area contributed by atoms with E-state index in [9.17, 15) is 19.8 Å². The lowest BCUT2D eigenvalue weighted by atomic mass is 9.93. The van der Waals surface area contributed by atoms with Crippen LogP contribution in [0, 0.1) is 13.8 Å². The van der Waals surface area contributed by atoms with E-state index in [-0.39, 0.29) is 29.2 Å². The molecule has 0 fully saturated rings. The van der Waals surface area contributed by atoms with Gasteiger partial charge < -0.3 is 10.2 Å². The van der Waals surface area contributed by atoms with E-state index in [0.29, 0.717) is 18.6 Å². The molecule has 2 atom stereocenters. The van der Waals surface area contributed by atoms with Gasteiger partial charge in [-0.05, 0) is 99.9 Å². The van der Waals surface area contributed by atoms with Gasteiger partial charge in [-0.2, -0.15) is 0 Å². The van der Waals surface area contributed by atoms with Gasteiger partial charge in [0.2, 0.25) is 0 Å². The third-order valence-corrected chi connectivity index (χ3v) is 5.43. The first-order chi connectivity index (χ1) is 15.8. The second-order valence-electron chi connectivity index (χ2n) is 9.69. The van der Waals surface area contributed by atoms with Crippen molar-refractivity contribution >= 4 is 11.6 Å². The molecular weight excluding hydrogens is 424 g/mol. The summed E-state index contributed by atoms with van der Waals surface area (Å²) in [5.74, 6) is 0.991. The molecule has 0 bridgehead atoms. The van der Waals surface area contributed by atoms with Crippen molar-refractivity contribution in [2.24, 2.45) is 0 Å². The smallest absolute Gasteiger partial charge is 0.156 e. The van der Waals surface area contributed by atoms with Crippen LogP contribution in [0.25, 0.3) is 0 Å². The summed E-state index contributed by atoms with van der Waals surface area (Å²) < 4.78 is 0. The summed E-state index contributed by atoms with van der Waals surface area (Å²) in [7, 11) is 0. The van der Waals surface area contributed by atoms with Crippen LogP contribution in [-0.2, 0) is 9.59 Å². The summed E-state index contributed by atoms with van der Waals surface area (Å²) in [5, 5.41) is 19.5. The number of hydrogen-bond donors (Lipinski definition) is 2. The average Bonchev–Trinajstić information content (AvgIpc) is 2.68. The molecule has 0 aliphatic heterocycles. The van der Waals surface area contributed by atoms with Gasteiger partial charge in [0.25, 0.3) is 0 Å². The van der Waals surface area contributed by atoms with Gasteiger partial charge in [0.1, 0.15) is 11.5 Å². The van der Waals surface area contributed by atoms with E-state index in [1.54, 1.807) is 24.3 Å². The van der Waals surface area contributed by atoms with Gasteiger partial charge in [-0.3, -0.25) is 9.59 Å². The zero-order valence-corrected chi connectivity index (χ0v) is 21.9. The van der Waals surface area contributed by atoms with Crippen LogP contribution in [0.1, 0.15) is 88.5 Å². The van der Waals surface area contributed by atoms with Gasteiger partial charge in [-0.1, -0.05) is 49.3 Å². The zero-order valence-electron chi connectivity index (χ0n) is 21.9. The highest BCUT2D eigenvalue weighted by Gasteiger charge is 2.13. The fraction of sp³-hybridized carbons (Fsp3) is 0.400. The molecule has 34 heavy (non-hydrogen) atoms. The molecule has 2 rings (SSSR count). The van der Waals surface area contributed by atoms with E-state index in [0.717, 1.165) is 33.4 Å². The molecular formula is C30H40O4. The minimum atomic E-state index is 0.0405. The van der Waals surface area contributed by atoms with Crippen LogP contribution >= 0.6 is 0 Å². The lowest BCUT2D eigenvalue weighted by molar-refractivity contribution is -0.115. The summed E-state index contributed by atoms with van der Waals surface area (Å²) in [6, 6.07) is 11.2. The molecule has 0 aliphatic rings. The zero-order chi connectivity index (χ0) is 26.0. The number of carbonyl (C=O) groups excluding carboxylic acids is 2. The number of phenolic OH excluding ortho intramolecular Hbond substituents is 2. The van der Waals surface area contributed by atoms with Gasteiger partial charge in [-0.15, -0.1) is 0 Å². The number of hydrogen-bond acceptors (Lipinski definition) is 4. The molecule has 0 saturated carbocycles. The van der Waals surface area contributed by atoms with Crippen LogP contribution in [0.2, 0.25) is 0 Å². The number of aryl methyl sites for hydroxylation is 2. The topological polar surface area (TPSA) is 74.6 Å². The van der Waals surface area contributed by atoms with Crippen molar-refractivity contribution < 1.29 is 19.8 Å². The molecule has 2 unspecified atom stereocenters. The number of rotatable bonds is 8. The Labute approximate surface area is 205 Å². The Balaban J connectivity index is 0.000000340. The first kappa shape index (κ1) is 28.9. The first-order valence-corrected chi connectivity index (χ1v) is 11.7. The third-order valence-electron chi connectivity index (χ3n) is 5.43. The molecule has 2 aromatic carbocycles. The lowest BCUT2D eigenvalue weighted by Crippen LogP contribution is -2.02. The Hall–Kier alpha value is -3.14. The molecule has 2 N–H and O–H groups in total. The predicted molar refractivity (Wildman–Crippen MR) is 141 cm³/mol. The number of phenols is 2. The van der Waals surface area contributed by atoms with Crippen LogP contribution in [0.3, 0.4) is 0 Å². The Bertz CT molecular complexity index is 1050. The number of ketones is 2. The van der Waals surface area contributed by atoms with Crippen molar-refractivity contribution in [3.05, 3.63) is 82.0 Å². The quantitative estimate of drug-likeness (QED) is 0.398. The fourth-order valence-electron chi connectivity index (χ4n) is 3.60. The largest absolute Gasteiger partial charge is 0.508 e. The molecule has 0 aromatic heterocycles. The second-order valence-corrected chi connectivity index (χ2v) is 9.69. The Kier molecular flexibility index (Phi) is 11.5. The van der Waals surface area contributed by atoms with E-state index in [1.165, 1.54) is 0 Å². The van der Waals surface area contributed by atoms with E-state index in [4.69, 9.17) is 0 Å². The summed E-state index contributed by atoms with van der Waals surface area (Å²) in [5.41, 5.74) is 5.75. The number of carbonyl (C=O) groups is 2. The van der Waals surface area contributed by atoms with Crippen molar-refractivity contribution in [2.75, 3.05) is 0 Å². The maximum atomic E-state index is 11.7. The summed E-state index contributed by atoms with van der Waals surface area (Å²) in [6.45, 7) is 15.4. The van der Waals surface area contributed by atoms with Crippen molar-refractivity contribution in [3.63, 3.8) is 0 Å².